The van der Waals surface area contributed by atoms with E-state index < -0.39 is 0 Å². The molecule has 3 aromatic rings. The van der Waals surface area contributed by atoms with E-state index in [-0.39, 0.29) is 0 Å². The van der Waals surface area contributed by atoms with Crippen molar-refractivity contribution in [2.75, 3.05) is 17.2 Å². The van der Waals surface area contributed by atoms with Gasteiger partial charge in [0, 0.05) is 22.1 Å². The second kappa shape index (κ2) is 6.10. The molecule has 0 spiro atoms. The summed E-state index contributed by atoms with van der Waals surface area (Å²) in [5.41, 5.74) is 1.01. The minimum Gasteiger partial charge on any atom is -0.369 e. The molecule has 1 heterocycles. The number of fused-ring (bicyclic) bond motifs is 1. The second-order valence-electron chi connectivity index (χ2n) is 4.59. The lowest BCUT2D eigenvalue weighted by Crippen LogP contribution is -2.02. The lowest BCUT2D eigenvalue weighted by Gasteiger charge is -2.11. The summed E-state index contributed by atoms with van der Waals surface area (Å²) in [7, 11) is 0. The number of aromatic nitrogens is 2. The van der Waals surface area contributed by atoms with E-state index in [1.54, 1.807) is 12.4 Å². The van der Waals surface area contributed by atoms with Gasteiger partial charge in [-0.05, 0) is 24.4 Å². The summed E-state index contributed by atoms with van der Waals surface area (Å²) < 4.78 is 1.08. The number of nitrogens with zero attached hydrogens (tertiary/aromatic N) is 2. The summed E-state index contributed by atoms with van der Waals surface area (Å²) in [6.45, 7) is 2.85. The van der Waals surface area contributed by atoms with Gasteiger partial charge < -0.3 is 10.6 Å². The number of benzene rings is 2. The van der Waals surface area contributed by atoms with Crippen molar-refractivity contribution < 1.29 is 0 Å². The average molecular weight is 343 g/mol. The molecule has 106 valence electrons. The molecule has 0 saturated heterocycles. The van der Waals surface area contributed by atoms with Crippen LogP contribution < -0.4 is 10.6 Å². The van der Waals surface area contributed by atoms with Gasteiger partial charge in [0.2, 0.25) is 0 Å². The van der Waals surface area contributed by atoms with E-state index in [0.717, 1.165) is 33.7 Å². The highest BCUT2D eigenvalue weighted by atomic mass is 79.9. The van der Waals surface area contributed by atoms with E-state index in [2.05, 4.69) is 48.7 Å². The van der Waals surface area contributed by atoms with Gasteiger partial charge in [-0.25, -0.2) is 4.98 Å². The fraction of sp³-hybridized carbons (Fsp3) is 0.125. The Balaban J connectivity index is 1.98. The van der Waals surface area contributed by atoms with Crippen molar-refractivity contribution in [3.8, 4) is 0 Å². The van der Waals surface area contributed by atoms with Gasteiger partial charge in [-0.3, -0.25) is 4.98 Å². The third kappa shape index (κ3) is 2.97. The highest BCUT2D eigenvalue weighted by Gasteiger charge is 2.05. The van der Waals surface area contributed by atoms with Crippen molar-refractivity contribution in [3.05, 3.63) is 53.3 Å². The molecule has 0 unspecified atom stereocenters. The first-order chi connectivity index (χ1) is 10.3. The zero-order valence-electron chi connectivity index (χ0n) is 11.6. The van der Waals surface area contributed by atoms with Crippen LogP contribution in [0.1, 0.15) is 6.92 Å². The quantitative estimate of drug-likeness (QED) is 0.729. The summed E-state index contributed by atoms with van der Waals surface area (Å²) >= 11 is 3.58. The third-order valence-corrected chi connectivity index (χ3v) is 3.82. The Kier molecular flexibility index (Phi) is 4.01. The molecule has 3 rings (SSSR count). The molecular formula is C16H15BrN4. The van der Waals surface area contributed by atoms with Gasteiger partial charge in [0.25, 0.3) is 0 Å². The third-order valence-electron chi connectivity index (χ3n) is 3.13. The molecule has 0 bridgehead atoms. The molecule has 0 aliphatic heterocycles. The van der Waals surface area contributed by atoms with Crippen LogP contribution in [0.5, 0.6) is 0 Å². The smallest absolute Gasteiger partial charge is 0.151 e. The fourth-order valence-corrected chi connectivity index (χ4v) is 2.68. The number of nitrogens with one attached hydrogen (secondary N) is 2. The molecule has 2 N–H and O–H groups in total. The topological polar surface area (TPSA) is 49.8 Å². The monoisotopic (exact) mass is 342 g/mol. The van der Waals surface area contributed by atoms with E-state index in [1.165, 1.54) is 5.39 Å². The van der Waals surface area contributed by atoms with Gasteiger partial charge in [-0.1, -0.05) is 40.2 Å². The van der Waals surface area contributed by atoms with Crippen molar-refractivity contribution in [2.45, 2.75) is 6.92 Å². The first kappa shape index (κ1) is 13.8. The molecule has 0 amide bonds. The number of hydrogen-bond acceptors (Lipinski definition) is 4. The summed E-state index contributed by atoms with van der Waals surface area (Å²) in [5.74, 6) is 1.49. The van der Waals surface area contributed by atoms with Crippen molar-refractivity contribution >= 4 is 44.0 Å². The average Bonchev–Trinajstić information content (AvgIpc) is 2.51. The summed E-state index contributed by atoms with van der Waals surface area (Å²) in [4.78, 5) is 8.69. The zero-order chi connectivity index (χ0) is 14.7. The number of anilines is 3. The largest absolute Gasteiger partial charge is 0.369 e. The molecule has 21 heavy (non-hydrogen) atoms. The van der Waals surface area contributed by atoms with Crippen molar-refractivity contribution in [1.29, 1.82) is 0 Å². The normalized spacial score (nSPS) is 10.6. The second-order valence-corrected chi connectivity index (χ2v) is 5.44. The maximum absolute atomic E-state index is 4.49. The summed E-state index contributed by atoms with van der Waals surface area (Å²) in [6, 6.07) is 12.3. The Bertz CT molecular complexity index is 773. The Morgan fingerprint density at radius 3 is 2.57 bits per heavy atom. The van der Waals surface area contributed by atoms with Crippen LogP contribution in [-0.4, -0.2) is 16.5 Å². The van der Waals surface area contributed by atoms with Gasteiger partial charge in [0.15, 0.2) is 5.82 Å². The predicted octanol–water partition coefficient (Wildman–Crippen LogP) is 4.57. The van der Waals surface area contributed by atoms with Crippen LogP contribution in [0.25, 0.3) is 10.8 Å². The molecule has 5 heteroatoms. The minimum atomic E-state index is 0.723. The van der Waals surface area contributed by atoms with Gasteiger partial charge in [-0.15, -0.1) is 0 Å². The molecular weight excluding hydrogens is 328 g/mol. The maximum Gasteiger partial charge on any atom is 0.151 e. The predicted molar refractivity (Wildman–Crippen MR) is 91.1 cm³/mol. The highest BCUT2D eigenvalue weighted by molar-refractivity contribution is 9.10. The maximum atomic E-state index is 4.49. The lowest BCUT2D eigenvalue weighted by molar-refractivity contribution is 1.12. The Morgan fingerprint density at radius 2 is 1.76 bits per heavy atom. The Labute approximate surface area is 131 Å². The first-order valence-electron chi connectivity index (χ1n) is 6.78. The number of rotatable bonds is 4. The molecule has 0 fully saturated rings. The standard InChI is InChI=1S/C16H15BrN4/c1-2-19-15-9-18-10-16(21-15)20-14-8-7-13(17)11-5-3-4-6-12(11)14/h3-10H,2H2,1H3,(H2,19,20,21). The van der Waals surface area contributed by atoms with E-state index in [0.29, 0.717) is 0 Å². The van der Waals surface area contributed by atoms with E-state index >= 15 is 0 Å². The van der Waals surface area contributed by atoms with Gasteiger partial charge in [0.05, 0.1) is 12.4 Å². The number of halogens is 1. The summed E-state index contributed by atoms with van der Waals surface area (Å²) in [5, 5.41) is 8.80. The first-order valence-corrected chi connectivity index (χ1v) is 7.57. The van der Waals surface area contributed by atoms with Crippen LogP contribution in [0.3, 0.4) is 0 Å². The van der Waals surface area contributed by atoms with Crippen LogP contribution in [0.2, 0.25) is 0 Å². The molecule has 2 aromatic carbocycles. The zero-order valence-corrected chi connectivity index (χ0v) is 13.2. The molecule has 0 radical (unpaired) electrons. The van der Waals surface area contributed by atoms with Gasteiger partial charge >= 0.3 is 0 Å². The van der Waals surface area contributed by atoms with Crippen LogP contribution >= 0.6 is 15.9 Å². The Morgan fingerprint density at radius 1 is 1.00 bits per heavy atom. The van der Waals surface area contributed by atoms with Crippen molar-refractivity contribution in [2.24, 2.45) is 0 Å². The summed E-state index contributed by atoms with van der Waals surface area (Å²) in [6.07, 6.45) is 3.44. The van der Waals surface area contributed by atoms with Crippen LogP contribution in [0.4, 0.5) is 17.3 Å². The van der Waals surface area contributed by atoms with Gasteiger partial charge in [-0.2, -0.15) is 0 Å². The van der Waals surface area contributed by atoms with Gasteiger partial charge in [0.1, 0.15) is 5.82 Å². The molecule has 0 aliphatic rings. The van der Waals surface area contributed by atoms with Crippen LogP contribution in [0, 0.1) is 0 Å². The molecule has 4 nitrogen and oxygen atoms in total. The van der Waals surface area contributed by atoms with Crippen LogP contribution in [-0.2, 0) is 0 Å². The molecule has 0 aliphatic carbocycles. The van der Waals surface area contributed by atoms with E-state index in [1.807, 2.05) is 31.2 Å². The van der Waals surface area contributed by atoms with Crippen molar-refractivity contribution in [1.82, 2.24) is 9.97 Å². The highest BCUT2D eigenvalue weighted by Crippen LogP contribution is 2.31. The minimum absolute atomic E-state index is 0.723. The lowest BCUT2D eigenvalue weighted by atomic mass is 10.1. The van der Waals surface area contributed by atoms with Crippen molar-refractivity contribution in [3.63, 3.8) is 0 Å². The van der Waals surface area contributed by atoms with E-state index in [9.17, 15) is 0 Å². The molecule has 0 atom stereocenters. The van der Waals surface area contributed by atoms with Crippen LogP contribution in [0.15, 0.2) is 53.3 Å². The molecule has 1 aromatic heterocycles. The van der Waals surface area contributed by atoms with E-state index in [4.69, 9.17) is 0 Å². The fourth-order valence-electron chi connectivity index (χ4n) is 2.20. The SMILES string of the molecule is CCNc1cncc(Nc2ccc(Br)c3ccccc23)n1. The Hall–Kier alpha value is -2.14. The number of hydrogen-bond donors (Lipinski definition) is 2. The molecule has 0 saturated carbocycles.